The van der Waals surface area contributed by atoms with Gasteiger partial charge in [0.2, 0.25) is 0 Å². The average Bonchev–Trinajstić information content (AvgIpc) is 2.81. The van der Waals surface area contributed by atoms with E-state index in [4.69, 9.17) is 10.5 Å². The van der Waals surface area contributed by atoms with Gasteiger partial charge in [-0.3, -0.25) is 0 Å². The summed E-state index contributed by atoms with van der Waals surface area (Å²) < 4.78 is 5.21. The maximum Gasteiger partial charge on any atom is 0.119 e. The largest absolute Gasteiger partial charge is 0.497 e. The van der Waals surface area contributed by atoms with Gasteiger partial charge in [0.25, 0.3) is 0 Å². The summed E-state index contributed by atoms with van der Waals surface area (Å²) in [6, 6.07) is 6.41. The Labute approximate surface area is 110 Å². The molecule has 0 aliphatic heterocycles. The highest BCUT2D eigenvalue weighted by Crippen LogP contribution is 2.35. The number of benzene rings is 1. The summed E-state index contributed by atoms with van der Waals surface area (Å²) in [5.74, 6) is 1.59. The summed E-state index contributed by atoms with van der Waals surface area (Å²) in [5, 5.41) is 0. The van der Waals surface area contributed by atoms with E-state index in [1.54, 1.807) is 7.11 Å². The Morgan fingerprint density at radius 1 is 1.29 bits per heavy atom. The number of rotatable bonds is 3. The van der Waals surface area contributed by atoms with Crippen LogP contribution in [-0.2, 0) is 0 Å². The summed E-state index contributed by atoms with van der Waals surface area (Å²) in [6.45, 7) is 2.12. The lowest BCUT2D eigenvalue weighted by atomic mass is 9.90. The predicted octanol–water partition coefficient (Wildman–Crippen LogP) is 3.62. The lowest BCUT2D eigenvalue weighted by Gasteiger charge is -2.21. The van der Waals surface area contributed by atoms with E-state index in [0.717, 1.165) is 5.75 Å². The SMILES string of the molecule is COc1ccc([C@H](N)C2CCCC2)c(C)c1.Cl. The van der Waals surface area contributed by atoms with Crippen molar-refractivity contribution in [2.75, 3.05) is 7.11 Å². The highest BCUT2D eigenvalue weighted by molar-refractivity contribution is 5.85. The highest BCUT2D eigenvalue weighted by Gasteiger charge is 2.24. The van der Waals surface area contributed by atoms with Gasteiger partial charge >= 0.3 is 0 Å². The summed E-state index contributed by atoms with van der Waals surface area (Å²) in [4.78, 5) is 0. The zero-order valence-electron chi connectivity index (χ0n) is 10.6. The van der Waals surface area contributed by atoms with Gasteiger partial charge in [0.05, 0.1) is 7.11 Å². The molecule has 0 unspecified atom stereocenters. The van der Waals surface area contributed by atoms with Crippen LogP contribution in [0.4, 0.5) is 0 Å². The molecule has 96 valence electrons. The van der Waals surface area contributed by atoms with E-state index in [1.807, 2.05) is 6.07 Å². The molecule has 2 N–H and O–H groups in total. The topological polar surface area (TPSA) is 35.2 Å². The number of halogens is 1. The molecule has 0 radical (unpaired) electrons. The number of hydrogen-bond acceptors (Lipinski definition) is 2. The van der Waals surface area contributed by atoms with Crippen molar-refractivity contribution < 1.29 is 4.74 Å². The van der Waals surface area contributed by atoms with Crippen LogP contribution in [0.1, 0.15) is 42.9 Å². The lowest BCUT2D eigenvalue weighted by molar-refractivity contribution is 0.412. The maximum atomic E-state index is 6.35. The number of aryl methyl sites for hydroxylation is 1. The monoisotopic (exact) mass is 255 g/mol. The van der Waals surface area contributed by atoms with Crippen LogP contribution in [0, 0.1) is 12.8 Å². The van der Waals surface area contributed by atoms with Gasteiger partial charge in [-0.05, 0) is 48.9 Å². The first-order chi connectivity index (χ1) is 7.72. The van der Waals surface area contributed by atoms with Crippen LogP contribution < -0.4 is 10.5 Å². The van der Waals surface area contributed by atoms with E-state index >= 15 is 0 Å². The fourth-order valence-corrected chi connectivity index (χ4v) is 2.72. The van der Waals surface area contributed by atoms with Crippen molar-refractivity contribution in [1.29, 1.82) is 0 Å². The average molecular weight is 256 g/mol. The molecule has 1 aliphatic rings. The Kier molecular flexibility index (Phi) is 5.29. The molecule has 1 aromatic rings. The fourth-order valence-electron chi connectivity index (χ4n) is 2.72. The highest BCUT2D eigenvalue weighted by atomic mass is 35.5. The molecule has 1 fully saturated rings. The smallest absolute Gasteiger partial charge is 0.119 e. The Balaban J connectivity index is 0.00000144. The van der Waals surface area contributed by atoms with Gasteiger partial charge in [-0.15, -0.1) is 12.4 Å². The molecule has 1 aromatic carbocycles. The summed E-state index contributed by atoms with van der Waals surface area (Å²) in [6.07, 6.45) is 5.25. The van der Waals surface area contributed by atoms with E-state index < -0.39 is 0 Å². The second-order valence-electron chi connectivity index (χ2n) is 4.79. The van der Waals surface area contributed by atoms with E-state index in [2.05, 4.69) is 19.1 Å². The summed E-state index contributed by atoms with van der Waals surface area (Å²) >= 11 is 0. The first-order valence-corrected chi connectivity index (χ1v) is 6.12. The number of methoxy groups -OCH3 is 1. The molecule has 3 heteroatoms. The van der Waals surface area contributed by atoms with Gasteiger partial charge in [-0.1, -0.05) is 18.9 Å². The lowest BCUT2D eigenvalue weighted by Crippen LogP contribution is -2.20. The minimum absolute atomic E-state index is 0. The second kappa shape index (κ2) is 6.27. The van der Waals surface area contributed by atoms with Crippen LogP contribution in [0.25, 0.3) is 0 Å². The van der Waals surface area contributed by atoms with Crippen molar-refractivity contribution in [1.82, 2.24) is 0 Å². The predicted molar refractivity (Wildman–Crippen MR) is 73.9 cm³/mol. The Bertz CT molecular complexity index is 361. The van der Waals surface area contributed by atoms with E-state index in [9.17, 15) is 0 Å². The van der Waals surface area contributed by atoms with Crippen molar-refractivity contribution in [2.24, 2.45) is 11.7 Å². The first kappa shape index (κ1) is 14.3. The Morgan fingerprint density at radius 3 is 2.47 bits per heavy atom. The molecular formula is C14H22ClNO. The van der Waals surface area contributed by atoms with Crippen molar-refractivity contribution >= 4 is 12.4 Å². The summed E-state index contributed by atoms with van der Waals surface area (Å²) in [5.41, 5.74) is 8.89. The molecule has 0 aromatic heterocycles. The quantitative estimate of drug-likeness (QED) is 0.896. The van der Waals surface area contributed by atoms with Gasteiger partial charge in [0.1, 0.15) is 5.75 Å². The van der Waals surface area contributed by atoms with E-state index in [1.165, 1.54) is 36.8 Å². The van der Waals surface area contributed by atoms with Gasteiger partial charge in [-0.2, -0.15) is 0 Å². The third-order valence-corrected chi connectivity index (χ3v) is 3.74. The Morgan fingerprint density at radius 2 is 1.94 bits per heavy atom. The van der Waals surface area contributed by atoms with Crippen molar-refractivity contribution in [3.05, 3.63) is 29.3 Å². The van der Waals surface area contributed by atoms with Crippen LogP contribution in [0.5, 0.6) is 5.75 Å². The number of hydrogen-bond donors (Lipinski definition) is 1. The van der Waals surface area contributed by atoms with E-state index in [-0.39, 0.29) is 18.4 Å². The van der Waals surface area contributed by atoms with Crippen molar-refractivity contribution in [3.63, 3.8) is 0 Å². The van der Waals surface area contributed by atoms with Crippen LogP contribution in [-0.4, -0.2) is 7.11 Å². The molecular weight excluding hydrogens is 234 g/mol. The minimum atomic E-state index is 0. The molecule has 2 nitrogen and oxygen atoms in total. The second-order valence-corrected chi connectivity index (χ2v) is 4.79. The van der Waals surface area contributed by atoms with Crippen molar-refractivity contribution in [2.45, 2.75) is 38.6 Å². The number of nitrogens with two attached hydrogens (primary N) is 1. The molecule has 0 spiro atoms. The fraction of sp³-hybridized carbons (Fsp3) is 0.571. The van der Waals surface area contributed by atoms with Crippen LogP contribution in [0.2, 0.25) is 0 Å². The maximum absolute atomic E-state index is 6.35. The molecule has 1 aliphatic carbocycles. The van der Waals surface area contributed by atoms with Gasteiger partial charge in [0, 0.05) is 6.04 Å². The Hall–Kier alpha value is -0.730. The molecule has 0 amide bonds. The van der Waals surface area contributed by atoms with Crippen molar-refractivity contribution in [3.8, 4) is 5.75 Å². The molecule has 2 rings (SSSR count). The third-order valence-electron chi connectivity index (χ3n) is 3.74. The minimum Gasteiger partial charge on any atom is -0.497 e. The molecule has 1 saturated carbocycles. The van der Waals surface area contributed by atoms with Gasteiger partial charge in [0.15, 0.2) is 0 Å². The zero-order valence-corrected chi connectivity index (χ0v) is 11.4. The number of ether oxygens (including phenoxy) is 1. The van der Waals surface area contributed by atoms with Crippen LogP contribution in [0.15, 0.2) is 18.2 Å². The molecule has 0 bridgehead atoms. The zero-order chi connectivity index (χ0) is 11.5. The third kappa shape index (κ3) is 3.14. The summed E-state index contributed by atoms with van der Waals surface area (Å²) in [7, 11) is 1.70. The molecule has 17 heavy (non-hydrogen) atoms. The van der Waals surface area contributed by atoms with Gasteiger partial charge in [-0.25, -0.2) is 0 Å². The van der Waals surface area contributed by atoms with Crippen LogP contribution in [0.3, 0.4) is 0 Å². The standard InChI is InChI=1S/C14H21NO.ClH/c1-10-9-12(16-2)7-8-13(10)14(15)11-5-3-4-6-11;/h7-9,11,14H,3-6,15H2,1-2H3;1H/t14-;/m1./s1. The van der Waals surface area contributed by atoms with Crippen LogP contribution >= 0.6 is 12.4 Å². The normalized spacial score (nSPS) is 17.6. The molecule has 1 atom stereocenters. The van der Waals surface area contributed by atoms with Gasteiger partial charge < -0.3 is 10.5 Å². The first-order valence-electron chi connectivity index (χ1n) is 6.12. The molecule has 0 heterocycles. The molecule has 0 saturated heterocycles. The van der Waals surface area contributed by atoms with E-state index in [0.29, 0.717) is 5.92 Å².